The molecule has 0 saturated carbocycles. The van der Waals surface area contributed by atoms with E-state index in [2.05, 4.69) is 47.3 Å². The summed E-state index contributed by atoms with van der Waals surface area (Å²) >= 11 is 0. The van der Waals surface area contributed by atoms with Gasteiger partial charge >= 0.3 is 0 Å². The number of benzene rings is 1. The molecule has 3 nitrogen and oxygen atoms in total. The maximum Gasteiger partial charge on any atom is 0.121 e. The maximum absolute atomic E-state index is 4.51. The van der Waals surface area contributed by atoms with Crippen LogP contribution in [0, 0.1) is 0 Å². The number of aromatic amines is 1. The molecule has 1 heterocycles. The zero-order valence-electron chi connectivity index (χ0n) is 9.30. The molecule has 3 heteroatoms. The summed E-state index contributed by atoms with van der Waals surface area (Å²) in [5, 5.41) is 3.26. The van der Waals surface area contributed by atoms with E-state index in [1.807, 2.05) is 0 Å². The quantitative estimate of drug-likeness (QED) is 0.800. The van der Waals surface area contributed by atoms with Crippen molar-refractivity contribution in [3.8, 4) is 0 Å². The molecule has 0 atom stereocenters. The van der Waals surface area contributed by atoms with Crippen LogP contribution in [0.25, 0.3) is 11.0 Å². The first-order valence-electron chi connectivity index (χ1n) is 5.51. The summed E-state index contributed by atoms with van der Waals surface area (Å²) in [6.07, 6.45) is 1.07. The Bertz CT molecular complexity index is 445. The summed E-state index contributed by atoms with van der Waals surface area (Å²) < 4.78 is 0. The molecule has 1 aromatic carbocycles. The van der Waals surface area contributed by atoms with Gasteiger partial charge in [-0.1, -0.05) is 19.9 Å². The molecule has 0 radical (unpaired) electrons. The number of nitrogens with one attached hydrogen (secondary N) is 2. The highest BCUT2D eigenvalue weighted by molar-refractivity contribution is 5.75. The van der Waals surface area contributed by atoms with E-state index < -0.39 is 0 Å². The van der Waals surface area contributed by atoms with E-state index in [4.69, 9.17) is 0 Å². The van der Waals surface area contributed by atoms with Crippen molar-refractivity contribution in [2.24, 2.45) is 0 Å². The summed E-state index contributed by atoms with van der Waals surface area (Å²) in [6, 6.07) is 6.40. The first-order valence-corrected chi connectivity index (χ1v) is 5.51. The lowest BCUT2D eigenvalue weighted by Crippen LogP contribution is -2.12. The average molecular weight is 203 g/mol. The minimum atomic E-state index is 0.812. The summed E-state index contributed by atoms with van der Waals surface area (Å²) in [5.74, 6) is 1.01. The van der Waals surface area contributed by atoms with Crippen molar-refractivity contribution in [1.82, 2.24) is 15.3 Å². The van der Waals surface area contributed by atoms with Crippen LogP contribution in [-0.4, -0.2) is 16.5 Å². The number of H-pyrrole nitrogens is 1. The Morgan fingerprint density at radius 2 is 2.20 bits per heavy atom. The molecule has 80 valence electrons. The second-order valence-electron chi connectivity index (χ2n) is 3.67. The molecule has 0 fully saturated rings. The Balaban J connectivity index is 2.29. The molecule has 0 unspecified atom stereocenters. The highest BCUT2D eigenvalue weighted by Crippen LogP contribution is 2.14. The molecule has 0 aliphatic carbocycles. The molecule has 15 heavy (non-hydrogen) atoms. The van der Waals surface area contributed by atoms with Gasteiger partial charge in [-0.25, -0.2) is 4.98 Å². The third kappa shape index (κ3) is 2.18. The molecule has 0 amide bonds. The van der Waals surface area contributed by atoms with Crippen LogP contribution in [0.5, 0.6) is 0 Å². The first kappa shape index (κ1) is 10.2. The van der Waals surface area contributed by atoms with Crippen LogP contribution in [0.3, 0.4) is 0 Å². The van der Waals surface area contributed by atoms with Crippen LogP contribution < -0.4 is 5.32 Å². The molecule has 0 spiro atoms. The molecular weight excluding hydrogens is 186 g/mol. The van der Waals surface area contributed by atoms with Gasteiger partial charge in [-0.3, -0.25) is 0 Å². The molecule has 0 aliphatic rings. The highest BCUT2D eigenvalue weighted by Gasteiger charge is 2.02. The SMILES string of the molecule is CCNCc1nc2ccc(CC)cc2[nH]1. The van der Waals surface area contributed by atoms with Gasteiger partial charge in [0.15, 0.2) is 0 Å². The molecule has 2 aromatic rings. The number of imidazole rings is 1. The maximum atomic E-state index is 4.51. The minimum absolute atomic E-state index is 0.812. The standard InChI is InChI=1S/C12H17N3/c1-3-9-5-6-10-11(7-9)15-12(14-10)8-13-4-2/h5-7,13H,3-4,8H2,1-2H3,(H,14,15). The van der Waals surface area contributed by atoms with Crippen LogP contribution in [0.15, 0.2) is 18.2 Å². The van der Waals surface area contributed by atoms with Crippen LogP contribution in [0.2, 0.25) is 0 Å². The fourth-order valence-electron chi connectivity index (χ4n) is 1.66. The Labute approximate surface area is 89.9 Å². The Kier molecular flexibility index (Phi) is 3.02. The van der Waals surface area contributed by atoms with Crippen molar-refractivity contribution in [2.45, 2.75) is 26.8 Å². The van der Waals surface area contributed by atoms with Crippen molar-refractivity contribution in [1.29, 1.82) is 0 Å². The molecule has 1 aromatic heterocycles. The van der Waals surface area contributed by atoms with Crippen molar-refractivity contribution in [2.75, 3.05) is 6.54 Å². The van der Waals surface area contributed by atoms with Gasteiger partial charge in [0.25, 0.3) is 0 Å². The lowest BCUT2D eigenvalue weighted by atomic mass is 10.1. The van der Waals surface area contributed by atoms with Gasteiger partial charge in [-0.05, 0) is 30.7 Å². The molecule has 0 saturated heterocycles. The van der Waals surface area contributed by atoms with E-state index in [9.17, 15) is 0 Å². The van der Waals surface area contributed by atoms with Crippen LogP contribution in [0.4, 0.5) is 0 Å². The number of rotatable bonds is 4. The van der Waals surface area contributed by atoms with Gasteiger partial charge in [0.05, 0.1) is 17.6 Å². The lowest BCUT2D eigenvalue weighted by molar-refractivity contribution is 0.700. The highest BCUT2D eigenvalue weighted by atomic mass is 15.0. The monoisotopic (exact) mass is 203 g/mol. The van der Waals surface area contributed by atoms with Crippen LogP contribution in [0.1, 0.15) is 25.2 Å². The van der Waals surface area contributed by atoms with E-state index in [0.717, 1.165) is 36.4 Å². The van der Waals surface area contributed by atoms with Crippen molar-refractivity contribution in [3.63, 3.8) is 0 Å². The molecule has 0 aliphatic heterocycles. The normalized spacial score (nSPS) is 11.1. The van der Waals surface area contributed by atoms with Gasteiger partial charge in [0.2, 0.25) is 0 Å². The Hall–Kier alpha value is -1.35. The molecule has 2 rings (SSSR count). The zero-order chi connectivity index (χ0) is 10.7. The molecule has 2 N–H and O–H groups in total. The van der Waals surface area contributed by atoms with Gasteiger partial charge in [-0.2, -0.15) is 0 Å². The number of aryl methyl sites for hydroxylation is 1. The largest absolute Gasteiger partial charge is 0.341 e. The van der Waals surface area contributed by atoms with E-state index in [0.29, 0.717) is 0 Å². The minimum Gasteiger partial charge on any atom is -0.341 e. The third-order valence-corrected chi connectivity index (χ3v) is 2.55. The van der Waals surface area contributed by atoms with Gasteiger partial charge in [-0.15, -0.1) is 0 Å². The predicted octanol–water partition coefficient (Wildman–Crippen LogP) is 2.23. The second-order valence-corrected chi connectivity index (χ2v) is 3.67. The number of hydrogen-bond donors (Lipinski definition) is 2. The van der Waals surface area contributed by atoms with Gasteiger partial charge in [0, 0.05) is 0 Å². The van der Waals surface area contributed by atoms with Crippen molar-refractivity contribution >= 4 is 11.0 Å². The Morgan fingerprint density at radius 1 is 1.33 bits per heavy atom. The topological polar surface area (TPSA) is 40.7 Å². The first-order chi connectivity index (χ1) is 7.33. The molecular formula is C12H17N3. The van der Waals surface area contributed by atoms with E-state index in [1.54, 1.807) is 0 Å². The molecule has 0 bridgehead atoms. The van der Waals surface area contributed by atoms with Gasteiger partial charge < -0.3 is 10.3 Å². The fourth-order valence-corrected chi connectivity index (χ4v) is 1.66. The smallest absolute Gasteiger partial charge is 0.121 e. The average Bonchev–Trinajstić information content (AvgIpc) is 2.67. The van der Waals surface area contributed by atoms with E-state index >= 15 is 0 Å². The van der Waals surface area contributed by atoms with Crippen LogP contribution in [-0.2, 0) is 13.0 Å². The predicted molar refractivity (Wildman–Crippen MR) is 62.9 cm³/mol. The number of fused-ring (bicyclic) bond motifs is 1. The van der Waals surface area contributed by atoms with E-state index in [1.165, 1.54) is 5.56 Å². The lowest BCUT2D eigenvalue weighted by Gasteiger charge is -1.95. The second kappa shape index (κ2) is 4.45. The summed E-state index contributed by atoms with van der Waals surface area (Å²) in [7, 11) is 0. The van der Waals surface area contributed by atoms with Gasteiger partial charge in [0.1, 0.15) is 5.82 Å². The Morgan fingerprint density at radius 3 is 2.93 bits per heavy atom. The van der Waals surface area contributed by atoms with E-state index in [-0.39, 0.29) is 0 Å². The zero-order valence-corrected chi connectivity index (χ0v) is 9.30. The third-order valence-electron chi connectivity index (χ3n) is 2.55. The van der Waals surface area contributed by atoms with Crippen molar-refractivity contribution in [3.05, 3.63) is 29.6 Å². The number of hydrogen-bond acceptors (Lipinski definition) is 2. The summed E-state index contributed by atoms with van der Waals surface area (Å²) in [6.45, 7) is 6.04. The van der Waals surface area contributed by atoms with Crippen molar-refractivity contribution < 1.29 is 0 Å². The number of nitrogens with zero attached hydrogens (tertiary/aromatic N) is 1. The summed E-state index contributed by atoms with van der Waals surface area (Å²) in [4.78, 5) is 7.84. The van der Waals surface area contributed by atoms with Crippen LogP contribution >= 0.6 is 0 Å². The number of aromatic nitrogens is 2. The fraction of sp³-hybridized carbons (Fsp3) is 0.417. The summed E-state index contributed by atoms with van der Waals surface area (Å²) in [5.41, 5.74) is 3.54.